The third kappa shape index (κ3) is 7.58. The lowest BCUT2D eigenvalue weighted by Gasteiger charge is -2.50. The van der Waals surface area contributed by atoms with E-state index in [1.165, 1.54) is 14.2 Å². The first-order chi connectivity index (χ1) is 16.2. The second kappa shape index (κ2) is 13.7. The SMILES string of the molecule is CO[C@@H]1[C@@H](OC(N)=O)[C@@H](O)C(N(CCCc2ccc(N(CCCl)CCCl)cc2)OC)OC1(C)C. The molecule has 1 aromatic carbocycles. The highest BCUT2D eigenvalue weighted by molar-refractivity contribution is 6.18. The fourth-order valence-electron chi connectivity index (χ4n) is 4.31. The Bertz CT molecular complexity index is 749. The summed E-state index contributed by atoms with van der Waals surface area (Å²) in [5.41, 5.74) is 6.60. The van der Waals surface area contributed by atoms with Gasteiger partial charge in [-0.1, -0.05) is 12.1 Å². The number of rotatable bonds is 13. The summed E-state index contributed by atoms with van der Waals surface area (Å²) in [6.07, 6.45) is -3.28. The normalized spacial score (nSPS) is 24.2. The molecule has 1 heterocycles. The number of halogens is 2. The Labute approximate surface area is 211 Å². The van der Waals surface area contributed by atoms with E-state index in [0.717, 1.165) is 37.2 Å². The number of amides is 1. The lowest BCUT2D eigenvalue weighted by Crippen LogP contribution is -2.67. The van der Waals surface area contributed by atoms with Gasteiger partial charge in [0.05, 0.1) is 12.7 Å². The molecule has 2 rings (SSSR count). The van der Waals surface area contributed by atoms with Crippen molar-refractivity contribution in [1.29, 1.82) is 0 Å². The van der Waals surface area contributed by atoms with Crippen molar-refractivity contribution in [2.75, 3.05) is 50.5 Å². The summed E-state index contributed by atoms with van der Waals surface area (Å²) in [5.74, 6) is 1.07. The zero-order valence-corrected chi connectivity index (χ0v) is 21.8. The zero-order valence-electron chi connectivity index (χ0n) is 20.3. The van der Waals surface area contributed by atoms with Crippen LogP contribution < -0.4 is 10.6 Å². The highest BCUT2D eigenvalue weighted by Gasteiger charge is 2.53. The molecule has 3 N–H and O–H groups in total. The number of nitrogens with two attached hydrogens (primary N) is 1. The van der Waals surface area contributed by atoms with E-state index in [1.54, 1.807) is 18.9 Å². The number of nitrogens with zero attached hydrogens (tertiary/aromatic N) is 2. The average molecular weight is 522 g/mol. The molecule has 0 aromatic heterocycles. The standard InChI is InChI=1S/C23H37Cl2N3O6/c1-23(2)20(31-3)19(33-22(26)30)18(29)21(34-23)28(32-4)13-5-6-16-7-9-17(10-8-16)27(14-11-24)15-12-25/h7-10,18-21,29H,5-6,11-15H2,1-4H3,(H2,26,30)/t18-,19+,20-,21?/m1/s1. The Hall–Kier alpha value is -1.33. The van der Waals surface area contributed by atoms with Gasteiger partial charge in [0.25, 0.3) is 0 Å². The Morgan fingerprint density at radius 1 is 1.15 bits per heavy atom. The van der Waals surface area contributed by atoms with Crippen molar-refractivity contribution < 1.29 is 28.9 Å². The van der Waals surface area contributed by atoms with Crippen LogP contribution in [0.25, 0.3) is 0 Å². The molecule has 1 aromatic rings. The summed E-state index contributed by atoms with van der Waals surface area (Å²) >= 11 is 11.8. The van der Waals surface area contributed by atoms with Crippen LogP contribution in [0.5, 0.6) is 0 Å². The van der Waals surface area contributed by atoms with E-state index in [0.29, 0.717) is 18.3 Å². The van der Waals surface area contributed by atoms with Gasteiger partial charge in [-0.25, -0.2) is 4.79 Å². The molecule has 1 aliphatic heterocycles. The van der Waals surface area contributed by atoms with Gasteiger partial charge in [-0.05, 0) is 44.4 Å². The number of aryl methyl sites for hydroxylation is 1. The van der Waals surface area contributed by atoms with Crippen LogP contribution in [0.3, 0.4) is 0 Å². The molecule has 0 spiro atoms. The average Bonchev–Trinajstić information content (AvgIpc) is 2.79. The van der Waals surface area contributed by atoms with Crippen LogP contribution in [-0.4, -0.2) is 92.0 Å². The predicted octanol–water partition coefficient (Wildman–Crippen LogP) is 2.74. The minimum atomic E-state index is -1.22. The van der Waals surface area contributed by atoms with Crippen LogP contribution in [0, 0.1) is 0 Å². The molecule has 0 aliphatic carbocycles. The largest absolute Gasteiger partial charge is 0.441 e. The van der Waals surface area contributed by atoms with Crippen LogP contribution in [0.1, 0.15) is 25.8 Å². The molecule has 0 radical (unpaired) electrons. The van der Waals surface area contributed by atoms with Crippen molar-refractivity contribution in [2.45, 2.75) is 56.8 Å². The van der Waals surface area contributed by atoms with Gasteiger partial charge in [-0.15, -0.1) is 23.2 Å². The van der Waals surface area contributed by atoms with Crippen molar-refractivity contribution in [3.8, 4) is 0 Å². The van der Waals surface area contributed by atoms with Crippen molar-refractivity contribution >= 4 is 35.0 Å². The maximum Gasteiger partial charge on any atom is 0.404 e. The van der Waals surface area contributed by atoms with Gasteiger partial charge in [0.1, 0.15) is 12.2 Å². The molecule has 1 amide bonds. The van der Waals surface area contributed by atoms with E-state index in [2.05, 4.69) is 29.2 Å². The maximum atomic E-state index is 11.4. The Morgan fingerprint density at radius 3 is 2.26 bits per heavy atom. The fourth-order valence-corrected chi connectivity index (χ4v) is 4.71. The third-order valence-corrected chi connectivity index (χ3v) is 6.25. The molecule has 1 saturated heterocycles. The van der Waals surface area contributed by atoms with E-state index in [4.69, 9.17) is 48.0 Å². The van der Waals surface area contributed by atoms with E-state index >= 15 is 0 Å². The first kappa shape index (κ1) is 28.9. The number of hydrogen-bond acceptors (Lipinski definition) is 8. The molecule has 9 nitrogen and oxygen atoms in total. The van der Waals surface area contributed by atoms with Crippen molar-refractivity contribution in [3.05, 3.63) is 29.8 Å². The van der Waals surface area contributed by atoms with E-state index in [1.807, 2.05) is 0 Å². The van der Waals surface area contributed by atoms with Gasteiger partial charge in [-0.3, -0.25) is 4.84 Å². The summed E-state index contributed by atoms with van der Waals surface area (Å²) in [6.45, 7) is 5.54. The van der Waals surface area contributed by atoms with Gasteiger partial charge in [0.2, 0.25) is 0 Å². The van der Waals surface area contributed by atoms with E-state index in [-0.39, 0.29) is 0 Å². The van der Waals surface area contributed by atoms with E-state index in [9.17, 15) is 9.90 Å². The van der Waals surface area contributed by atoms with Gasteiger partial charge < -0.3 is 30.0 Å². The third-order valence-electron chi connectivity index (χ3n) is 5.92. The van der Waals surface area contributed by atoms with Crippen LogP contribution in [0.15, 0.2) is 24.3 Å². The number of anilines is 1. The number of aliphatic hydroxyl groups excluding tert-OH is 1. The van der Waals surface area contributed by atoms with Gasteiger partial charge >= 0.3 is 6.09 Å². The van der Waals surface area contributed by atoms with Crippen LogP contribution >= 0.6 is 23.2 Å². The Kier molecular flexibility index (Phi) is 11.6. The van der Waals surface area contributed by atoms with Crippen LogP contribution in [0.4, 0.5) is 10.5 Å². The number of aliphatic hydroxyl groups is 1. The maximum absolute atomic E-state index is 11.4. The van der Waals surface area contributed by atoms with Crippen LogP contribution in [-0.2, 0) is 25.5 Å². The zero-order chi connectivity index (χ0) is 25.3. The molecular weight excluding hydrogens is 485 g/mol. The molecule has 34 heavy (non-hydrogen) atoms. The second-order valence-electron chi connectivity index (χ2n) is 8.62. The summed E-state index contributed by atoms with van der Waals surface area (Å²) in [7, 11) is 2.97. The first-order valence-electron chi connectivity index (χ1n) is 11.3. The van der Waals surface area contributed by atoms with Gasteiger partial charge in [0.15, 0.2) is 12.3 Å². The quantitative estimate of drug-likeness (QED) is 0.301. The Balaban J connectivity index is 2.02. The van der Waals surface area contributed by atoms with Gasteiger partial charge in [-0.2, -0.15) is 5.06 Å². The molecule has 11 heteroatoms. The molecule has 1 unspecified atom stereocenters. The molecular formula is C23H37Cl2N3O6. The highest BCUT2D eigenvalue weighted by atomic mass is 35.5. The predicted molar refractivity (Wildman–Crippen MR) is 132 cm³/mol. The lowest BCUT2D eigenvalue weighted by molar-refractivity contribution is -0.346. The fraction of sp³-hybridized carbons (Fsp3) is 0.696. The summed E-state index contributed by atoms with van der Waals surface area (Å²) in [6, 6.07) is 8.29. The topological polar surface area (TPSA) is 107 Å². The number of alkyl halides is 2. The number of ether oxygens (including phenoxy) is 3. The summed E-state index contributed by atoms with van der Waals surface area (Å²) in [4.78, 5) is 19.1. The van der Waals surface area contributed by atoms with E-state index < -0.39 is 36.2 Å². The molecule has 4 atom stereocenters. The molecule has 0 saturated carbocycles. The molecule has 1 fully saturated rings. The number of primary amides is 1. The lowest BCUT2D eigenvalue weighted by atomic mass is 9.88. The second-order valence-corrected chi connectivity index (χ2v) is 9.37. The number of carbonyl (C=O) groups excluding carboxylic acids is 1. The first-order valence-corrected chi connectivity index (χ1v) is 12.4. The number of benzene rings is 1. The van der Waals surface area contributed by atoms with Crippen molar-refractivity contribution in [2.24, 2.45) is 5.73 Å². The number of methoxy groups -OCH3 is 1. The highest BCUT2D eigenvalue weighted by Crippen LogP contribution is 2.34. The molecule has 1 aliphatic rings. The summed E-state index contributed by atoms with van der Waals surface area (Å²) in [5, 5.41) is 12.5. The Morgan fingerprint density at radius 2 is 1.76 bits per heavy atom. The van der Waals surface area contributed by atoms with Crippen molar-refractivity contribution in [3.63, 3.8) is 0 Å². The monoisotopic (exact) mass is 521 g/mol. The smallest absolute Gasteiger partial charge is 0.404 e. The number of hydrogen-bond donors (Lipinski definition) is 2. The van der Waals surface area contributed by atoms with Crippen LogP contribution in [0.2, 0.25) is 0 Å². The molecule has 194 valence electrons. The minimum absolute atomic E-state index is 0.474. The molecule has 0 bridgehead atoms. The number of carbonyl (C=O) groups is 1. The minimum Gasteiger partial charge on any atom is -0.441 e. The summed E-state index contributed by atoms with van der Waals surface area (Å²) < 4.78 is 16.8. The van der Waals surface area contributed by atoms with Crippen molar-refractivity contribution in [1.82, 2.24) is 5.06 Å². The number of hydroxylamine groups is 2. The van der Waals surface area contributed by atoms with Gasteiger partial charge in [0, 0.05) is 44.2 Å².